The van der Waals surface area contributed by atoms with Crippen molar-refractivity contribution in [2.24, 2.45) is 0 Å². The average molecular weight is 488 g/mol. The van der Waals surface area contributed by atoms with Gasteiger partial charge in [0.05, 0.1) is 11.9 Å². The van der Waals surface area contributed by atoms with Crippen molar-refractivity contribution in [3.05, 3.63) is 54.4 Å². The van der Waals surface area contributed by atoms with E-state index >= 15 is 0 Å². The molecule has 34 heavy (non-hydrogen) atoms. The Morgan fingerprint density at radius 2 is 2.00 bits per heavy atom. The summed E-state index contributed by atoms with van der Waals surface area (Å²) in [6, 6.07) is 3.80. The van der Waals surface area contributed by atoms with Gasteiger partial charge in [-0.15, -0.1) is 0 Å². The summed E-state index contributed by atoms with van der Waals surface area (Å²) < 4.78 is 44.9. The fourth-order valence-corrected chi connectivity index (χ4v) is 4.38. The lowest BCUT2D eigenvalue weighted by Gasteiger charge is -2.29. The van der Waals surface area contributed by atoms with Crippen molar-refractivity contribution in [1.82, 2.24) is 19.3 Å². The number of nitrogens with zero attached hydrogens (tertiary/aromatic N) is 4. The summed E-state index contributed by atoms with van der Waals surface area (Å²) in [6.45, 7) is 6.46. The molecule has 0 saturated carbocycles. The van der Waals surface area contributed by atoms with Gasteiger partial charge >= 0.3 is 6.09 Å². The van der Waals surface area contributed by atoms with Crippen molar-refractivity contribution in [1.29, 1.82) is 0 Å². The summed E-state index contributed by atoms with van der Waals surface area (Å²) in [5.74, 6) is -0.447. The van der Waals surface area contributed by atoms with E-state index in [4.69, 9.17) is 4.74 Å². The molecule has 0 spiro atoms. The molecule has 1 N–H and O–H groups in total. The largest absolute Gasteiger partial charge is 0.444 e. The Labute approximate surface area is 197 Å². The molecular formula is C23H26FN5O4S. The van der Waals surface area contributed by atoms with Crippen LogP contribution >= 0.6 is 0 Å². The molecule has 0 saturated heterocycles. The standard InChI is InChI=1S/C23H26FN5O4S/c1-23(2,3)33-22(30)28-10-7-15(8-11-28)18-14-26-21-20(25-9-12-29(18)21)27-16-5-6-19(17(24)13-16)34(4,31)32/h5-7,9,12-14H,8,10-11H2,1-4H3,(H,25,27). The molecule has 3 heterocycles. The number of carbonyl (C=O) groups is 1. The summed E-state index contributed by atoms with van der Waals surface area (Å²) in [5.41, 5.74) is 2.23. The number of hydrogen-bond acceptors (Lipinski definition) is 7. The first-order chi connectivity index (χ1) is 15.9. The van der Waals surface area contributed by atoms with E-state index in [1.54, 1.807) is 23.5 Å². The second-order valence-corrected chi connectivity index (χ2v) is 11.0. The van der Waals surface area contributed by atoms with Crippen LogP contribution in [0.4, 0.5) is 20.7 Å². The SMILES string of the molecule is CC(C)(C)OC(=O)N1CC=C(c2cnc3c(Nc4ccc(S(C)(=O)=O)c(F)c4)nccn23)CC1. The van der Waals surface area contributed by atoms with Crippen molar-refractivity contribution < 1.29 is 22.3 Å². The topological polar surface area (TPSA) is 106 Å². The molecule has 0 fully saturated rings. The van der Waals surface area contributed by atoms with Crippen LogP contribution < -0.4 is 5.32 Å². The molecule has 9 nitrogen and oxygen atoms in total. The second kappa shape index (κ2) is 8.71. The molecule has 3 aromatic rings. The molecule has 1 aromatic carbocycles. The average Bonchev–Trinajstić information content (AvgIpc) is 3.17. The van der Waals surface area contributed by atoms with Gasteiger partial charge in [-0.2, -0.15) is 0 Å². The zero-order valence-electron chi connectivity index (χ0n) is 19.4. The van der Waals surface area contributed by atoms with Crippen LogP contribution in [0.3, 0.4) is 0 Å². The summed E-state index contributed by atoms with van der Waals surface area (Å²) in [7, 11) is -3.66. The minimum Gasteiger partial charge on any atom is -0.444 e. The minimum atomic E-state index is -3.66. The van der Waals surface area contributed by atoms with E-state index in [0.29, 0.717) is 36.7 Å². The molecule has 1 aliphatic rings. The summed E-state index contributed by atoms with van der Waals surface area (Å²) >= 11 is 0. The zero-order chi connectivity index (χ0) is 24.7. The number of benzene rings is 1. The molecule has 0 atom stereocenters. The van der Waals surface area contributed by atoms with Crippen molar-refractivity contribution in [2.45, 2.75) is 37.7 Å². The van der Waals surface area contributed by atoms with Gasteiger partial charge in [-0.05, 0) is 51.0 Å². The van der Waals surface area contributed by atoms with Gasteiger partial charge in [0.25, 0.3) is 0 Å². The van der Waals surface area contributed by atoms with Gasteiger partial charge in [0, 0.05) is 37.4 Å². The first-order valence-electron chi connectivity index (χ1n) is 10.7. The van der Waals surface area contributed by atoms with Crippen LogP contribution in [0, 0.1) is 5.82 Å². The van der Waals surface area contributed by atoms with Crippen molar-refractivity contribution in [2.75, 3.05) is 24.7 Å². The maximum atomic E-state index is 14.3. The van der Waals surface area contributed by atoms with E-state index in [2.05, 4.69) is 15.3 Å². The van der Waals surface area contributed by atoms with Gasteiger partial charge in [-0.3, -0.25) is 4.40 Å². The van der Waals surface area contributed by atoms with Gasteiger partial charge < -0.3 is 15.0 Å². The molecule has 1 amide bonds. The first kappa shape index (κ1) is 23.7. The molecule has 0 aliphatic carbocycles. The number of ether oxygens (including phenoxy) is 1. The van der Waals surface area contributed by atoms with Crippen molar-refractivity contribution in [3.63, 3.8) is 0 Å². The predicted octanol–water partition coefficient (Wildman–Crippen LogP) is 4.04. The van der Waals surface area contributed by atoms with Crippen LogP contribution in [0.15, 0.2) is 47.8 Å². The number of halogens is 1. The quantitative estimate of drug-likeness (QED) is 0.592. The number of sulfone groups is 1. The molecule has 0 radical (unpaired) electrons. The molecule has 0 bridgehead atoms. The molecule has 0 unspecified atom stereocenters. The van der Waals surface area contributed by atoms with Crippen LogP contribution in [-0.2, 0) is 14.6 Å². The molecule has 4 rings (SSSR count). The summed E-state index contributed by atoms with van der Waals surface area (Å²) in [5, 5.41) is 3.01. The lowest BCUT2D eigenvalue weighted by Crippen LogP contribution is -2.39. The van der Waals surface area contributed by atoms with Crippen LogP contribution in [0.5, 0.6) is 0 Å². The van der Waals surface area contributed by atoms with Crippen LogP contribution in [0.2, 0.25) is 0 Å². The Morgan fingerprint density at radius 1 is 1.24 bits per heavy atom. The van der Waals surface area contributed by atoms with E-state index in [-0.39, 0.29) is 11.0 Å². The third-order valence-electron chi connectivity index (χ3n) is 5.21. The number of carbonyl (C=O) groups excluding carboxylic acids is 1. The molecule has 1 aliphatic heterocycles. The number of amides is 1. The summed E-state index contributed by atoms with van der Waals surface area (Å²) in [6.07, 6.45) is 8.32. The fourth-order valence-electron chi connectivity index (χ4n) is 3.66. The summed E-state index contributed by atoms with van der Waals surface area (Å²) in [4.78, 5) is 22.4. The maximum Gasteiger partial charge on any atom is 0.410 e. The highest BCUT2D eigenvalue weighted by molar-refractivity contribution is 7.90. The normalized spacial score (nSPS) is 14.7. The molecular weight excluding hydrogens is 461 g/mol. The number of anilines is 2. The fraction of sp³-hybridized carbons (Fsp3) is 0.348. The smallest absolute Gasteiger partial charge is 0.410 e. The van der Waals surface area contributed by atoms with E-state index in [0.717, 1.165) is 23.6 Å². The molecule has 2 aromatic heterocycles. The highest BCUT2D eigenvalue weighted by atomic mass is 32.2. The van der Waals surface area contributed by atoms with Gasteiger partial charge in [0.15, 0.2) is 21.3 Å². The Bertz CT molecular complexity index is 1390. The monoisotopic (exact) mass is 487 g/mol. The van der Waals surface area contributed by atoms with Crippen LogP contribution in [-0.4, -0.2) is 58.7 Å². The minimum absolute atomic E-state index is 0.342. The van der Waals surface area contributed by atoms with Crippen molar-refractivity contribution >= 4 is 38.7 Å². The van der Waals surface area contributed by atoms with E-state index in [9.17, 15) is 17.6 Å². The second-order valence-electron chi connectivity index (χ2n) is 9.06. The van der Waals surface area contributed by atoms with Gasteiger partial charge in [-0.1, -0.05) is 6.08 Å². The lowest BCUT2D eigenvalue weighted by molar-refractivity contribution is 0.0270. The van der Waals surface area contributed by atoms with Crippen LogP contribution in [0.1, 0.15) is 32.9 Å². The highest BCUT2D eigenvalue weighted by Gasteiger charge is 2.25. The lowest BCUT2D eigenvalue weighted by atomic mass is 10.1. The van der Waals surface area contributed by atoms with Gasteiger partial charge in [-0.25, -0.2) is 27.6 Å². The van der Waals surface area contributed by atoms with Gasteiger partial charge in [0.1, 0.15) is 16.3 Å². The Kier molecular flexibility index (Phi) is 6.07. The number of imidazole rings is 1. The maximum absolute atomic E-state index is 14.3. The zero-order valence-corrected chi connectivity index (χ0v) is 20.2. The number of hydrogen-bond donors (Lipinski definition) is 1. The third-order valence-corrected chi connectivity index (χ3v) is 6.34. The number of aromatic nitrogens is 3. The van der Waals surface area contributed by atoms with E-state index < -0.39 is 21.3 Å². The Morgan fingerprint density at radius 3 is 2.62 bits per heavy atom. The number of rotatable bonds is 4. The number of nitrogens with one attached hydrogen (secondary N) is 1. The number of fused-ring (bicyclic) bond motifs is 1. The van der Waals surface area contributed by atoms with E-state index in [1.807, 2.05) is 31.2 Å². The Balaban J connectivity index is 1.56. The molecule has 11 heteroatoms. The molecule has 180 valence electrons. The first-order valence-corrected chi connectivity index (χ1v) is 12.6. The van der Waals surface area contributed by atoms with Crippen LogP contribution in [0.25, 0.3) is 11.2 Å². The third kappa shape index (κ3) is 5.04. The highest BCUT2D eigenvalue weighted by Crippen LogP contribution is 2.28. The Hall–Kier alpha value is -3.47. The van der Waals surface area contributed by atoms with Crippen molar-refractivity contribution in [3.8, 4) is 0 Å². The van der Waals surface area contributed by atoms with Gasteiger partial charge in [0.2, 0.25) is 0 Å². The predicted molar refractivity (Wildman–Crippen MR) is 126 cm³/mol. The van der Waals surface area contributed by atoms with E-state index in [1.165, 1.54) is 12.1 Å².